The molecule has 27 heavy (non-hydrogen) atoms. The second-order valence-electron chi connectivity index (χ2n) is 7.40. The second-order valence-corrected chi connectivity index (χ2v) is 7.40. The topological polar surface area (TPSA) is 52.0 Å². The van der Waals surface area contributed by atoms with E-state index < -0.39 is 0 Å². The van der Waals surface area contributed by atoms with Gasteiger partial charge in [0.05, 0.1) is 6.17 Å². The van der Waals surface area contributed by atoms with Crippen LogP contribution in [0.1, 0.15) is 97.6 Å². The Morgan fingerprint density at radius 2 is 1.56 bits per heavy atom. The van der Waals surface area contributed by atoms with E-state index >= 15 is 0 Å². The van der Waals surface area contributed by atoms with Crippen molar-refractivity contribution in [2.45, 2.75) is 92.7 Å². The predicted octanol–water partition coefficient (Wildman–Crippen LogP) is 7.00. The normalized spacial score (nSPS) is 10.7. The van der Waals surface area contributed by atoms with Gasteiger partial charge in [-0.05, 0) is 63.0 Å². The third-order valence-corrected chi connectivity index (χ3v) is 3.90. The summed E-state index contributed by atoms with van der Waals surface area (Å²) in [5.41, 5.74) is 16.6. The summed E-state index contributed by atoms with van der Waals surface area (Å²) in [5.74, 6) is 1.01. The fourth-order valence-corrected chi connectivity index (χ4v) is 2.38. The first kappa shape index (κ1) is 30.7. The minimum atomic E-state index is -0.220. The molecule has 2 nitrogen and oxygen atoms in total. The van der Waals surface area contributed by atoms with Crippen molar-refractivity contribution in [2.75, 3.05) is 0 Å². The Balaban J connectivity index is -0.000000416. The Morgan fingerprint density at radius 3 is 1.96 bits per heavy atom. The van der Waals surface area contributed by atoms with Gasteiger partial charge in [-0.2, -0.15) is 13.5 Å². The zero-order valence-electron chi connectivity index (χ0n) is 19.1. The van der Waals surface area contributed by atoms with Gasteiger partial charge in [0.15, 0.2) is 0 Å². The summed E-state index contributed by atoms with van der Waals surface area (Å²) in [6, 6.07) is 8.70. The second kappa shape index (κ2) is 18.3. The lowest BCUT2D eigenvalue weighted by atomic mass is 9.92. The van der Waals surface area contributed by atoms with E-state index in [0.29, 0.717) is 11.8 Å². The average molecular weight is 395 g/mol. The van der Waals surface area contributed by atoms with Gasteiger partial charge < -0.3 is 11.5 Å². The SMILES string of the molecule is C=C(C)CCC=C(C)C.CC.CC(C)c1cccc(C(C)CC(N)N)c1.S. The summed E-state index contributed by atoms with van der Waals surface area (Å²) in [6.45, 7) is 20.7. The molecule has 0 amide bonds. The fraction of sp³-hybridized carbons (Fsp3) is 0.583. The molecule has 1 atom stereocenters. The van der Waals surface area contributed by atoms with Crippen LogP contribution in [-0.2, 0) is 0 Å². The highest BCUT2D eigenvalue weighted by molar-refractivity contribution is 7.59. The van der Waals surface area contributed by atoms with Crippen LogP contribution in [0.4, 0.5) is 0 Å². The molecule has 0 saturated heterocycles. The Morgan fingerprint density at radius 1 is 1.04 bits per heavy atom. The quantitative estimate of drug-likeness (QED) is 0.386. The summed E-state index contributed by atoms with van der Waals surface area (Å²) >= 11 is 0. The highest BCUT2D eigenvalue weighted by Gasteiger charge is 2.09. The molecule has 0 heterocycles. The summed E-state index contributed by atoms with van der Waals surface area (Å²) < 4.78 is 0. The van der Waals surface area contributed by atoms with Crippen LogP contribution in [0.2, 0.25) is 0 Å². The molecule has 1 aromatic carbocycles. The van der Waals surface area contributed by atoms with Gasteiger partial charge in [0.25, 0.3) is 0 Å². The molecular weight excluding hydrogens is 348 g/mol. The molecule has 0 radical (unpaired) electrons. The van der Waals surface area contributed by atoms with Crippen molar-refractivity contribution in [3.63, 3.8) is 0 Å². The lowest BCUT2D eigenvalue weighted by Gasteiger charge is -2.16. The van der Waals surface area contributed by atoms with Crippen LogP contribution in [0, 0.1) is 0 Å². The van der Waals surface area contributed by atoms with Gasteiger partial charge >= 0.3 is 0 Å². The lowest BCUT2D eigenvalue weighted by molar-refractivity contribution is 0.567. The van der Waals surface area contributed by atoms with Gasteiger partial charge in [0, 0.05) is 0 Å². The Bertz CT molecular complexity index is 515. The molecule has 3 heteroatoms. The van der Waals surface area contributed by atoms with Crippen LogP contribution in [0.15, 0.2) is 48.1 Å². The summed E-state index contributed by atoms with van der Waals surface area (Å²) in [6.07, 6.45) is 5.14. The minimum Gasteiger partial charge on any atom is -0.316 e. The van der Waals surface area contributed by atoms with E-state index in [4.69, 9.17) is 11.5 Å². The largest absolute Gasteiger partial charge is 0.316 e. The van der Waals surface area contributed by atoms with E-state index in [-0.39, 0.29) is 19.7 Å². The van der Waals surface area contributed by atoms with Crippen LogP contribution in [0.3, 0.4) is 0 Å². The monoisotopic (exact) mass is 394 g/mol. The molecule has 1 rings (SSSR count). The van der Waals surface area contributed by atoms with E-state index in [0.717, 1.165) is 19.3 Å². The maximum Gasteiger partial charge on any atom is 0.0526 e. The molecule has 1 unspecified atom stereocenters. The van der Waals surface area contributed by atoms with Crippen LogP contribution in [0.25, 0.3) is 0 Å². The lowest BCUT2D eigenvalue weighted by Crippen LogP contribution is -2.31. The number of rotatable bonds is 7. The average Bonchev–Trinajstić information content (AvgIpc) is 2.56. The first-order chi connectivity index (χ1) is 12.1. The van der Waals surface area contributed by atoms with Gasteiger partial charge in [-0.1, -0.05) is 76.1 Å². The van der Waals surface area contributed by atoms with Crippen LogP contribution < -0.4 is 11.5 Å². The molecule has 158 valence electrons. The van der Waals surface area contributed by atoms with Crippen LogP contribution in [-0.4, -0.2) is 6.17 Å². The molecule has 0 aliphatic carbocycles. The maximum absolute atomic E-state index is 5.61. The third-order valence-electron chi connectivity index (χ3n) is 3.90. The smallest absolute Gasteiger partial charge is 0.0526 e. The van der Waals surface area contributed by atoms with Crippen molar-refractivity contribution in [2.24, 2.45) is 11.5 Å². The van der Waals surface area contributed by atoms with Crippen LogP contribution in [0.5, 0.6) is 0 Å². The molecule has 0 aliphatic rings. The summed E-state index contributed by atoms with van der Waals surface area (Å²) in [7, 11) is 0. The van der Waals surface area contributed by atoms with Gasteiger partial charge in [0.2, 0.25) is 0 Å². The number of hydrogen-bond acceptors (Lipinski definition) is 2. The van der Waals surface area contributed by atoms with E-state index in [1.807, 2.05) is 13.8 Å². The molecule has 0 bridgehead atoms. The Labute approximate surface area is 177 Å². The third kappa shape index (κ3) is 18.1. The number of nitrogens with two attached hydrogens (primary N) is 2. The first-order valence-electron chi connectivity index (χ1n) is 10.0. The van der Waals surface area contributed by atoms with Gasteiger partial charge in [-0.3, -0.25) is 0 Å². The first-order valence-corrected chi connectivity index (χ1v) is 10.0. The fourth-order valence-electron chi connectivity index (χ4n) is 2.38. The minimum absolute atomic E-state index is 0. The molecule has 0 aromatic heterocycles. The van der Waals surface area contributed by atoms with Gasteiger partial charge in [-0.25, -0.2) is 0 Å². The maximum atomic E-state index is 5.61. The van der Waals surface area contributed by atoms with Crippen molar-refractivity contribution in [1.29, 1.82) is 0 Å². The zero-order chi connectivity index (χ0) is 20.7. The van der Waals surface area contributed by atoms with E-state index in [9.17, 15) is 0 Å². The molecule has 0 fully saturated rings. The highest BCUT2D eigenvalue weighted by atomic mass is 32.1. The zero-order valence-corrected chi connectivity index (χ0v) is 20.1. The van der Waals surface area contributed by atoms with Crippen molar-refractivity contribution < 1.29 is 0 Å². The van der Waals surface area contributed by atoms with Crippen molar-refractivity contribution in [3.05, 3.63) is 59.2 Å². The van der Waals surface area contributed by atoms with Crippen molar-refractivity contribution in [3.8, 4) is 0 Å². The Kier molecular flexibility index (Phi) is 20.8. The molecule has 0 spiro atoms. The predicted molar refractivity (Wildman–Crippen MR) is 131 cm³/mol. The van der Waals surface area contributed by atoms with Crippen LogP contribution >= 0.6 is 13.5 Å². The van der Waals surface area contributed by atoms with E-state index in [1.54, 1.807) is 0 Å². The molecular formula is C24H46N2S. The van der Waals surface area contributed by atoms with E-state index in [2.05, 4.69) is 78.5 Å². The number of allylic oxidation sites excluding steroid dienone is 3. The van der Waals surface area contributed by atoms with Crippen molar-refractivity contribution >= 4 is 13.5 Å². The van der Waals surface area contributed by atoms with Gasteiger partial charge in [-0.15, -0.1) is 6.58 Å². The Hall–Kier alpha value is -1.03. The standard InChI is InChI=1S/C13H22N2.C9H16.C2H6.H2S/c1-9(2)11-5-4-6-12(8-11)10(3)7-13(14)15;1-8(2)6-5-7-9(3)4;1-2;/h4-6,8-10,13H,7,14-15H2,1-3H3;7H,1,5-6H2,2-4H3;1-2H3;1H2. The highest BCUT2D eigenvalue weighted by Crippen LogP contribution is 2.23. The number of benzene rings is 1. The van der Waals surface area contributed by atoms with E-state index in [1.165, 1.54) is 22.3 Å². The molecule has 0 saturated carbocycles. The summed E-state index contributed by atoms with van der Waals surface area (Å²) in [5, 5.41) is 0. The number of hydrogen-bond donors (Lipinski definition) is 2. The summed E-state index contributed by atoms with van der Waals surface area (Å²) in [4.78, 5) is 0. The molecule has 0 aliphatic heterocycles. The molecule has 1 aromatic rings. The van der Waals surface area contributed by atoms with Gasteiger partial charge in [0.1, 0.15) is 0 Å². The molecule has 4 N–H and O–H groups in total. The van der Waals surface area contributed by atoms with Crippen molar-refractivity contribution in [1.82, 2.24) is 0 Å².